The molecule has 0 radical (unpaired) electrons. The van der Waals surface area contributed by atoms with Gasteiger partial charge in [0.15, 0.2) is 9.84 Å². The van der Waals surface area contributed by atoms with Crippen molar-refractivity contribution < 1.29 is 17.2 Å². The van der Waals surface area contributed by atoms with E-state index in [0.29, 0.717) is 11.6 Å². The molecule has 0 unspecified atom stereocenters. The molecule has 9 heteroatoms. The van der Waals surface area contributed by atoms with E-state index >= 15 is 0 Å². The number of aromatic nitrogens is 4. The predicted octanol–water partition coefficient (Wildman–Crippen LogP) is 4.11. The molecule has 0 spiro atoms. The number of benzene rings is 1. The lowest BCUT2D eigenvalue weighted by atomic mass is 10.1. The molecule has 1 aromatic carbocycles. The molecule has 0 atom stereocenters. The maximum atomic E-state index is 13.4. The van der Waals surface area contributed by atoms with Gasteiger partial charge in [0.25, 0.3) is 5.92 Å². The molecule has 2 aromatic heterocycles. The number of pyridine rings is 1. The number of sulfone groups is 1. The molecule has 1 saturated carbocycles. The zero-order chi connectivity index (χ0) is 20.8. The molecular formula is C20H20F2N4O2S. The third-order valence-electron chi connectivity index (χ3n) is 4.98. The van der Waals surface area contributed by atoms with Crippen LogP contribution >= 0.6 is 0 Å². The van der Waals surface area contributed by atoms with Crippen molar-refractivity contribution in [2.75, 3.05) is 5.75 Å². The highest BCUT2D eigenvalue weighted by Crippen LogP contribution is 2.41. The number of alkyl halides is 2. The first-order chi connectivity index (χ1) is 13.7. The summed E-state index contributed by atoms with van der Waals surface area (Å²) in [6, 6.07) is 7.35. The Morgan fingerprint density at radius 3 is 2.45 bits per heavy atom. The highest BCUT2D eigenvalue weighted by Gasteiger charge is 2.29. The van der Waals surface area contributed by atoms with Crippen LogP contribution in [-0.4, -0.2) is 33.9 Å². The maximum Gasteiger partial charge on any atom is 0.270 e. The Bertz CT molecular complexity index is 1150. The van der Waals surface area contributed by atoms with E-state index in [1.54, 1.807) is 19.2 Å². The van der Waals surface area contributed by atoms with Crippen molar-refractivity contribution in [3.05, 3.63) is 54.0 Å². The third-order valence-corrected chi connectivity index (χ3v) is 6.72. The minimum Gasteiger partial charge on any atom is -0.251 e. The van der Waals surface area contributed by atoms with Gasteiger partial charge in [0.2, 0.25) is 5.82 Å². The fourth-order valence-corrected chi connectivity index (χ4v) is 4.13. The first-order valence-electron chi connectivity index (χ1n) is 9.32. The topological polar surface area (TPSA) is 77.7 Å². The second-order valence-corrected chi connectivity index (χ2v) is 9.49. The molecule has 0 bridgehead atoms. The summed E-state index contributed by atoms with van der Waals surface area (Å²) in [5.74, 6) is -2.45. The first-order valence-corrected chi connectivity index (χ1v) is 11.0. The molecule has 0 saturated heterocycles. The van der Waals surface area contributed by atoms with Crippen LogP contribution in [0, 0.1) is 0 Å². The number of nitrogens with zero attached hydrogens (tertiary/aromatic N) is 4. The molecule has 0 amide bonds. The average Bonchev–Trinajstić information content (AvgIpc) is 3.43. The Morgan fingerprint density at radius 2 is 1.86 bits per heavy atom. The SMILES string of the molecule is CCS(=O)(=O)c1cc(C2CC2)cnc1-c1ncn(-c2ccc(C(C)(F)F)cc2)n1. The van der Waals surface area contributed by atoms with Crippen LogP contribution in [0.15, 0.2) is 47.8 Å². The zero-order valence-corrected chi connectivity index (χ0v) is 16.8. The number of halogens is 2. The van der Waals surface area contributed by atoms with Gasteiger partial charge in [-0.05, 0) is 42.5 Å². The molecule has 0 aliphatic heterocycles. The smallest absolute Gasteiger partial charge is 0.251 e. The van der Waals surface area contributed by atoms with Crippen molar-refractivity contribution >= 4 is 9.84 Å². The Morgan fingerprint density at radius 1 is 1.17 bits per heavy atom. The molecule has 29 heavy (non-hydrogen) atoms. The van der Waals surface area contributed by atoms with Crippen molar-refractivity contribution in [2.45, 2.75) is 43.4 Å². The maximum absolute atomic E-state index is 13.4. The van der Waals surface area contributed by atoms with E-state index in [-0.39, 0.29) is 27.7 Å². The predicted molar refractivity (Wildman–Crippen MR) is 104 cm³/mol. The minimum absolute atomic E-state index is 0.0524. The van der Waals surface area contributed by atoms with Crippen LogP contribution in [0.1, 0.15) is 43.7 Å². The van der Waals surface area contributed by atoms with E-state index < -0.39 is 15.8 Å². The van der Waals surface area contributed by atoms with Crippen molar-refractivity contribution in [3.8, 4) is 17.2 Å². The standard InChI is InChI=1S/C20H20F2N4O2S/c1-3-29(27,28)17-10-14(13-4-5-13)11-23-18(17)19-24-12-26(25-19)16-8-6-15(7-9-16)20(2,21)22/h6-13H,3-5H2,1-2H3. The number of rotatable bonds is 6. The van der Waals surface area contributed by atoms with Crippen molar-refractivity contribution in [1.82, 2.24) is 19.7 Å². The van der Waals surface area contributed by atoms with Crippen LogP contribution in [0.2, 0.25) is 0 Å². The molecule has 3 aromatic rings. The summed E-state index contributed by atoms with van der Waals surface area (Å²) in [6.45, 7) is 2.42. The van der Waals surface area contributed by atoms with Crippen LogP contribution in [0.4, 0.5) is 8.78 Å². The fourth-order valence-electron chi connectivity index (χ4n) is 3.06. The van der Waals surface area contributed by atoms with Gasteiger partial charge >= 0.3 is 0 Å². The summed E-state index contributed by atoms with van der Waals surface area (Å²) in [7, 11) is -3.52. The van der Waals surface area contributed by atoms with E-state index in [2.05, 4.69) is 15.1 Å². The Hall–Kier alpha value is -2.68. The second kappa shape index (κ2) is 6.98. The molecular weight excluding hydrogens is 398 g/mol. The van der Waals surface area contributed by atoms with E-state index in [4.69, 9.17) is 0 Å². The molecule has 4 rings (SSSR count). The van der Waals surface area contributed by atoms with Gasteiger partial charge < -0.3 is 0 Å². The molecule has 152 valence electrons. The van der Waals surface area contributed by atoms with Crippen molar-refractivity contribution in [2.24, 2.45) is 0 Å². The van der Waals surface area contributed by atoms with Crippen LogP contribution in [0.5, 0.6) is 0 Å². The highest BCUT2D eigenvalue weighted by atomic mass is 32.2. The van der Waals surface area contributed by atoms with Crippen LogP contribution in [0.3, 0.4) is 0 Å². The molecule has 6 nitrogen and oxygen atoms in total. The number of hydrogen-bond acceptors (Lipinski definition) is 5. The van der Waals surface area contributed by atoms with E-state index in [1.807, 2.05) is 0 Å². The fraction of sp³-hybridized carbons (Fsp3) is 0.350. The van der Waals surface area contributed by atoms with Gasteiger partial charge in [0.1, 0.15) is 12.0 Å². The first kappa shape index (κ1) is 19.6. The van der Waals surface area contributed by atoms with E-state index in [0.717, 1.165) is 25.3 Å². The number of hydrogen-bond donors (Lipinski definition) is 0. The summed E-state index contributed by atoms with van der Waals surface area (Å²) in [6.07, 6.45) is 5.16. The Kier molecular flexibility index (Phi) is 4.72. The lowest BCUT2D eigenvalue weighted by Crippen LogP contribution is -2.09. The van der Waals surface area contributed by atoms with Crippen LogP contribution in [0.25, 0.3) is 17.2 Å². The third kappa shape index (κ3) is 3.91. The average molecular weight is 418 g/mol. The Labute approximate surface area is 167 Å². The van der Waals surface area contributed by atoms with Crippen molar-refractivity contribution in [1.29, 1.82) is 0 Å². The molecule has 1 aliphatic rings. The quantitative estimate of drug-likeness (QED) is 0.602. The lowest BCUT2D eigenvalue weighted by molar-refractivity contribution is 0.0175. The highest BCUT2D eigenvalue weighted by molar-refractivity contribution is 7.91. The van der Waals surface area contributed by atoms with Crippen LogP contribution < -0.4 is 0 Å². The summed E-state index contributed by atoms with van der Waals surface area (Å²) < 4.78 is 53.5. The van der Waals surface area contributed by atoms with Crippen LogP contribution in [-0.2, 0) is 15.8 Å². The summed E-state index contributed by atoms with van der Waals surface area (Å²) in [5, 5.41) is 4.33. The summed E-state index contributed by atoms with van der Waals surface area (Å²) in [4.78, 5) is 8.70. The summed E-state index contributed by atoms with van der Waals surface area (Å²) in [5.41, 5.74) is 1.55. The zero-order valence-electron chi connectivity index (χ0n) is 16.0. The van der Waals surface area contributed by atoms with Gasteiger partial charge in [0.05, 0.1) is 16.3 Å². The van der Waals surface area contributed by atoms with E-state index in [9.17, 15) is 17.2 Å². The summed E-state index contributed by atoms with van der Waals surface area (Å²) >= 11 is 0. The van der Waals surface area contributed by atoms with Gasteiger partial charge in [-0.15, -0.1) is 5.10 Å². The normalized spacial score (nSPS) is 14.9. The molecule has 1 fully saturated rings. The molecule has 0 N–H and O–H groups in total. The van der Waals surface area contributed by atoms with Crippen molar-refractivity contribution in [3.63, 3.8) is 0 Å². The molecule has 1 aliphatic carbocycles. The minimum atomic E-state index is -3.52. The van der Waals surface area contributed by atoms with Gasteiger partial charge in [0, 0.05) is 18.7 Å². The second-order valence-electron chi connectivity index (χ2n) is 7.24. The monoisotopic (exact) mass is 418 g/mol. The van der Waals surface area contributed by atoms with Gasteiger partial charge in [-0.1, -0.05) is 19.1 Å². The van der Waals surface area contributed by atoms with Gasteiger partial charge in [-0.25, -0.2) is 26.9 Å². The lowest BCUT2D eigenvalue weighted by Gasteiger charge is -2.11. The van der Waals surface area contributed by atoms with E-state index in [1.165, 1.54) is 35.3 Å². The van der Waals surface area contributed by atoms with Gasteiger partial charge in [-0.3, -0.25) is 4.98 Å². The largest absolute Gasteiger partial charge is 0.270 e. The molecule has 2 heterocycles. The Balaban J connectivity index is 1.73. The van der Waals surface area contributed by atoms with Gasteiger partial charge in [-0.2, -0.15) is 0 Å².